The van der Waals surface area contributed by atoms with Crippen molar-refractivity contribution in [3.8, 4) is 11.1 Å². The highest BCUT2D eigenvalue weighted by Gasteiger charge is 2.11. The van der Waals surface area contributed by atoms with Crippen molar-refractivity contribution in [2.24, 2.45) is 0 Å². The molecule has 0 atom stereocenters. The van der Waals surface area contributed by atoms with Crippen molar-refractivity contribution in [3.05, 3.63) is 126 Å². The van der Waals surface area contributed by atoms with Gasteiger partial charge in [0.2, 0.25) is 0 Å². The molecule has 0 N–H and O–H groups in total. The fourth-order valence-corrected chi connectivity index (χ4v) is 3.82. The number of benzene rings is 4. The van der Waals surface area contributed by atoms with Crippen molar-refractivity contribution < 1.29 is 0 Å². The zero-order chi connectivity index (χ0) is 20.8. The molecule has 0 aromatic heterocycles. The Morgan fingerprint density at radius 1 is 0.667 bits per heavy atom. The second-order valence-corrected chi connectivity index (χ2v) is 7.73. The van der Waals surface area contributed by atoms with E-state index in [4.69, 9.17) is 0 Å². The van der Waals surface area contributed by atoms with Crippen molar-refractivity contribution in [3.63, 3.8) is 0 Å². The lowest BCUT2D eigenvalue weighted by Gasteiger charge is -2.20. The number of hydrogen-bond donors (Lipinski definition) is 0. The normalized spacial score (nSPS) is 11.3. The Morgan fingerprint density at radius 2 is 1.27 bits per heavy atom. The van der Waals surface area contributed by atoms with E-state index >= 15 is 0 Å². The van der Waals surface area contributed by atoms with Gasteiger partial charge < -0.3 is 4.90 Å². The summed E-state index contributed by atoms with van der Waals surface area (Å²) < 4.78 is 0. The molecule has 4 rings (SSSR count). The summed E-state index contributed by atoms with van der Waals surface area (Å²) >= 11 is 0. The molecule has 4 aromatic rings. The Kier molecular flexibility index (Phi) is 6.10. The third-order valence-electron chi connectivity index (χ3n) is 5.33. The number of nitrogens with zero attached hydrogens (tertiary/aromatic N) is 1. The van der Waals surface area contributed by atoms with Gasteiger partial charge in [-0.05, 0) is 45.5 Å². The van der Waals surface area contributed by atoms with Gasteiger partial charge in [-0.25, -0.2) is 0 Å². The van der Waals surface area contributed by atoms with Gasteiger partial charge in [0, 0.05) is 26.2 Å². The molecule has 0 saturated heterocycles. The highest BCUT2D eigenvalue weighted by Crippen LogP contribution is 2.31. The van der Waals surface area contributed by atoms with E-state index in [0.29, 0.717) is 0 Å². The van der Waals surface area contributed by atoms with Crippen LogP contribution in [0.4, 0.5) is 5.69 Å². The lowest BCUT2D eigenvalue weighted by Crippen LogP contribution is -2.11. The van der Waals surface area contributed by atoms with Crippen molar-refractivity contribution in [1.82, 2.24) is 0 Å². The van der Waals surface area contributed by atoms with Gasteiger partial charge in [-0.1, -0.05) is 103 Å². The van der Waals surface area contributed by atoms with Crippen LogP contribution < -0.4 is 4.90 Å². The number of hydrogen-bond acceptors (Lipinski definition) is 1. The summed E-state index contributed by atoms with van der Waals surface area (Å²) in [5.74, 6) is 0. The Bertz CT molecular complexity index is 1110. The highest BCUT2D eigenvalue weighted by molar-refractivity contribution is 5.84. The van der Waals surface area contributed by atoms with Crippen molar-refractivity contribution in [2.45, 2.75) is 6.42 Å². The summed E-state index contributed by atoms with van der Waals surface area (Å²) in [7, 11) is 4.23. The van der Waals surface area contributed by atoms with E-state index < -0.39 is 0 Å². The first-order valence-corrected chi connectivity index (χ1v) is 10.4. The second-order valence-electron chi connectivity index (χ2n) is 7.73. The van der Waals surface area contributed by atoms with Gasteiger partial charge in [0.15, 0.2) is 0 Å². The predicted molar refractivity (Wildman–Crippen MR) is 131 cm³/mol. The van der Waals surface area contributed by atoms with E-state index in [0.717, 1.165) is 6.42 Å². The monoisotopic (exact) mass is 389 g/mol. The van der Waals surface area contributed by atoms with Crippen LogP contribution in [0.3, 0.4) is 0 Å². The summed E-state index contributed by atoms with van der Waals surface area (Å²) in [5, 5.41) is 0. The zero-order valence-electron chi connectivity index (χ0n) is 17.6. The molecular formula is C29H27N. The molecule has 0 aliphatic carbocycles. The standard InChI is InChI=1S/C29H27N/c1-30(2)29-19-18-26(24-14-8-4-9-15-24)21-28(29)22-27(25-16-10-5-11-17-25)20-23-12-6-3-7-13-23/h3-21H,22H2,1-2H3/b27-20-. The number of allylic oxidation sites excluding steroid dienone is 1. The summed E-state index contributed by atoms with van der Waals surface area (Å²) in [6.07, 6.45) is 3.18. The van der Waals surface area contributed by atoms with Crippen LogP contribution in [-0.2, 0) is 6.42 Å². The average Bonchev–Trinajstić information content (AvgIpc) is 2.80. The number of rotatable bonds is 6. The van der Waals surface area contributed by atoms with Gasteiger partial charge in [-0.3, -0.25) is 0 Å². The van der Waals surface area contributed by atoms with E-state index in [1.807, 2.05) is 0 Å². The summed E-state index contributed by atoms with van der Waals surface area (Å²) in [6, 6.07) is 38.7. The van der Waals surface area contributed by atoms with Crippen LogP contribution in [0.1, 0.15) is 16.7 Å². The molecule has 0 amide bonds. The summed E-state index contributed by atoms with van der Waals surface area (Å²) in [4.78, 5) is 2.20. The molecule has 0 aliphatic heterocycles. The molecule has 1 nitrogen and oxygen atoms in total. The first-order chi connectivity index (χ1) is 14.7. The van der Waals surface area contributed by atoms with Crippen LogP contribution in [-0.4, -0.2) is 14.1 Å². The van der Waals surface area contributed by atoms with Crippen LogP contribution in [0.15, 0.2) is 109 Å². The maximum atomic E-state index is 2.34. The quantitative estimate of drug-likeness (QED) is 0.315. The minimum atomic E-state index is 0.868. The van der Waals surface area contributed by atoms with Crippen LogP contribution in [0.2, 0.25) is 0 Å². The Hall–Kier alpha value is -3.58. The minimum Gasteiger partial charge on any atom is -0.377 e. The van der Waals surface area contributed by atoms with Gasteiger partial charge >= 0.3 is 0 Å². The molecule has 0 radical (unpaired) electrons. The Balaban J connectivity index is 1.79. The molecule has 0 spiro atoms. The molecule has 0 unspecified atom stereocenters. The molecule has 0 aliphatic rings. The van der Waals surface area contributed by atoms with Gasteiger partial charge in [0.05, 0.1) is 0 Å². The number of anilines is 1. The maximum absolute atomic E-state index is 2.34. The topological polar surface area (TPSA) is 3.24 Å². The van der Waals surface area contributed by atoms with Crippen molar-refractivity contribution >= 4 is 17.3 Å². The van der Waals surface area contributed by atoms with Gasteiger partial charge in [0.1, 0.15) is 0 Å². The molecule has 0 bridgehead atoms. The third-order valence-corrected chi connectivity index (χ3v) is 5.33. The van der Waals surface area contributed by atoms with Crippen LogP contribution in [0, 0.1) is 0 Å². The first-order valence-electron chi connectivity index (χ1n) is 10.4. The maximum Gasteiger partial charge on any atom is 0.0397 e. The Morgan fingerprint density at radius 3 is 1.90 bits per heavy atom. The van der Waals surface area contributed by atoms with Crippen LogP contribution in [0.25, 0.3) is 22.8 Å². The van der Waals surface area contributed by atoms with Crippen molar-refractivity contribution in [2.75, 3.05) is 19.0 Å². The van der Waals surface area contributed by atoms with Gasteiger partial charge in [-0.15, -0.1) is 0 Å². The largest absolute Gasteiger partial charge is 0.377 e. The van der Waals surface area contributed by atoms with E-state index in [1.54, 1.807) is 0 Å². The summed E-state index contributed by atoms with van der Waals surface area (Å²) in [5.41, 5.74) is 8.88. The fourth-order valence-electron chi connectivity index (χ4n) is 3.82. The van der Waals surface area contributed by atoms with Gasteiger partial charge in [-0.2, -0.15) is 0 Å². The SMILES string of the molecule is CN(C)c1ccc(-c2ccccc2)cc1C/C(=C/c1ccccc1)c1ccccc1. The molecular weight excluding hydrogens is 362 g/mol. The van der Waals surface area contributed by atoms with Crippen LogP contribution in [0.5, 0.6) is 0 Å². The van der Waals surface area contributed by atoms with E-state index in [1.165, 1.54) is 39.1 Å². The molecule has 0 fully saturated rings. The molecule has 30 heavy (non-hydrogen) atoms. The van der Waals surface area contributed by atoms with E-state index in [2.05, 4.69) is 134 Å². The van der Waals surface area contributed by atoms with Crippen molar-refractivity contribution in [1.29, 1.82) is 0 Å². The lowest BCUT2D eigenvalue weighted by atomic mass is 9.93. The Labute approximate surface area is 179 Å². The molecule has 4 aromatic carbocycles. The summed E-state index contributed by atoms with van der Waals surface area (Å²) in [6.45, 7) is 0. The van der Waals surface area contributed by atoms with Gasteiger partial charge in [0.25, 0.3) is 0 Å². The predicted octanol–water partition coefficient (Wildman–Crippen LogP) is 7.20. The van der Waals surface area contributed by atoms with Crippen LogP contribution >= 0.6 is 0 Å². The second kappa shape index (κ2) is 9.28. The average molecular weight is 390 g/mol. The van der Waals surface area contributed by atoms with E-state index in [-0.39, 0.29) is 0 Å². The highest BCUT2D eigenvalue weighted by atomic mass is 15.1. The zero-order valence-corrected chi connectivity index (χ0v) is 17.6. The first kappa shape index (κ1) is 19.7. The molecule has 0 saturated carbocycles. The third kappa shape index (κ3) is 4.69. The lowest BCUT2D eigenvalue weighted by molar-refractivity contribution is 1.10. The smallest absolute Gasteiger partial charge is 0.0397 e. The fraction of sp³-hybridized carbons (Fsp3) is 0.103. The minimum absolute atomic E-state index is 0.868. The molecule has 0 heterocycles. The molecule has 148 valence electrons. The van der Waals surface area contributed by atoms with E-state index in [9.17, 15) is 0 Å². The molecule has 1 heteroatoms.